The van der Waals surface area contributed by atoms with Crippen LogP contribution in [0.15, 0.2) is 54.9 Å². The van der Waals surface area contributed by atoms with Crippen LogP contribution in [0.1, 0.15) is 41.6 Å². The zero-order valence-electron chi connectivity index (χ0n) is 25.3. The molecule has 1 aliphatic heterocycles. The Balaban J connectivity index is 1.15. The van der Waals surface area contributed by atoms with E-state index < -0.39 is 11.7 Å². The molecule has 2 aromatic heterocycles. The second-order valence-electron chi connectivity index (χ2n) is 11.9. The van der Waals surface area contributed by atoms with Gasteiger partial charge in [-0.05, 0) is 87.0 Å². The molecule has 1 saturated heterocycles. The number of aryl methyl sites for hydroxylation is 2. The van der Waals surface area contributed by atoms with Gasteiger partial charge in [-0.15, -0.1) is 5.10 Å². The maximum Gasteiger partial charge on any atom is 0.277 e. The summed E-state index contributed by atoms with van der Waals surface area (Å²) < 4.78 is 25.4. The second kappa shape index (κ2) is 12.9. The number of amides is 1. The van der Waals surface area contributed by atoms with Gasteiger partial charge in [-0.1, -0.05) is 17.3 Å². The number of halogens is 1. The predicted molar refractivity (Wildman–Crippen MR) is 169 cm³/mol. The Hall–Kier alpha value is -4.39. The van der Waals surface area contributed by atoms with Crippen molar-refractivity contribution in [1.82, 2.24) is 34.9 Å². The number of carbonyl (C=O) groups excluding carboxylic acids is 1. The van der Waals surface area contributed by atoms with E-state index in [-0.39, 0.29) is 16.8 Å². The van der Waals surface area contributed by atoms with Gasteiger partial charge in [-0.2, -0.15) is 0 Å². The van der Waals surface area contributed by atoms with E-state index >= 15 is 4.39 Å². The quantitative estimate of drug-likeness (QED) is 0.147. The molecule has 0 atom stereocenters. The first-order valence-corrected chi connectivity index (χ1v) is 15.6. The number of ether oxygens (including phenoxy) is 1. The van der Waals surface area contributed by atoms with Crippen LogP contribution in [0.3, 0.4) is 0 Å². The summed E-state index contributed by atoms with van der Waals surface area (Å²) >= 11 is 0. The molecule has 0 radical (unpaired) electrons. The number of hydrogen-bond donors (Lipinski definition) is 2. The van der Waals surface area contributed by atoms with Gasteiger partial charge in [0, 0.05) is 25.3 Å². The minimum Gasteiger partial charge on any atom is -0.379 e. The largest absolute Gasteiger partial charge is 0.379 e. The molecule has 0 spiro atoms. The Kier molecular flexibility index (Phi) is 8.42. The third-order valence-corrected chi connectivity index (χ3v) is 8.57. The highest BCUT2D eigenvalue weighted by Gasteiger charge is 2.25. The van der Waals surface area contributed by atoms with Crippen LogP contribution in [0.2, 0.25) is 0 Å². The van der Waals surface area contributed by atoms with E-state index in [1.807, 2.05) is 54.0 Å². The smallest absolute Gasteiger partial charge is 0.277 e. The maximum absolute atomic E-state index is 16.3. The van der Waals surface area contributed by atoms with E-state index in [2.05, 4.69) is 31.0 Å². The van der Waals surface area contributed by atoms with Crippen molar-refractivity contribution in [3.05, 3.63) is 71.8 Å². The van der Waals surface area contributed by atoms with Crippen LogP contribution in [-0.2, 0) is 16.1 Å². The third kappa shape index (κ3) is 6.39. The summed E-state index contributed by atoms with van der Waals surface area (Å²) in [6, 6.07) is 15.1. The predicted octanol–water partition coefficient (Wildman–Crippen LogP) is 5.15. The number of hydroxylamine groups is 1. The number of morpholine rings is 1. The summed E-state index contributed by atoms with van der Waals surface area (Å²) in [4.78, 5) is 25.8. The number of anilines is 2. The monoisotopic (exact) mass is 612 g/mol. The zero-order valence-corrected chi connectivity index (χ0v) is 25.3. The number of hydrogen-bond acceptors (Lipinski definition) is 8. The standard InChI is InChI=1S/C33H37FN8O3/c1-22-18-24(42-28-7-3-2-6-27(28)37-39-42)10-11-26(22)36-31-25(33(43)38-45-20-23-8-9-23)19-29-32(30(31)34)35-21-41(29)13-5-4-12-40-14-16-44-17-15-40/h2-3,6-7,10-11,18-19,21,23,36H,4-5,8-9,12-17,20H2,1H3,(H,38,43). The van der Waals surface area contributed by atoms with Crippen molar-refractivity contribution in [2.75, 3.05) is 44.8 Å². The van der Waals surface area contributed by atoms with Gasteiger partial charge in [0.1, 0.15) is 11.0 Å². The van der Waals surface area contributed by atoms with E-state index in [1.165, 1.54) is 0 Å². The SMILES string of the molecule is Cc1cc(-n2nnc3ccccc32)ccc1Nc1c(C(=O)NOCC2CC2)cc2c(ncn2CCCCN2CCOCC2)c1F. The highest BCUT2D eigenvalue weighted by atomic mass is 19.1. The molecular formula is C33H37FN8O3. The number of para-hydroxylation sites is 1. The lowest BCUT2D eigenvalue weighted by Gasteiger charge is -2.26. The molecule has 234 valence electrons. The van der Waals surface area contributed by atoms with Crippen molar-refractivity contribution in [3.8, 4) is 5.69 Å². The average molecular weight is 613 g/mol. The number of benzene rings is 3. The molecule has 5 aromatic rings. The number of fused-ring (bicyclic) bond motifs is 2. The van der Waals surface area contributed by atoms with Crippen molar-refractivity contribution in [2.45, 2.75) is 39.2 Å². The molecule has 12 heteroatoms. The number of unbranched alkanes of at least 4 members (excludes halogenated alkanes) is 1. The number of aromatic nitrogens is 5. The normalized spacial score (nSPS) is 15.6. The minimum atomic E-state index is -0.586. The van der Waals surface area contributed by atoms with Crippen LogP contribution in [0.5, 0.6) is 0 Å². The summed E-state index contributed by atoms with van der Waals surface area (Å²) in [6.07, 6.45) is 5.74. The summed E-state index contributed by atoms with van der Waals surface area (Å²) in [5.41, 5.74) is 7.51. The molecule has 2 aliphatic rings. The third-order valence-electron chi connectivity index (χ3n) is 8.57. The molecule has 0 unspecified atom stereocenters. The fourth-order valence-electron chi connectivity index (χ4n) is 5.76. The van der Waals surface area contributed by atoms with Gasteiger partial charge in [0.2, 0.25) is 0 Å². The number of nitrogens with zero attached hydrogens (tertiary/aromatic N) is 6. The molecule has 3 heterocycles. The van der Waals surface area contributed by atoms with E-state index in [0.29, 0.717) is 30.3 Å². The van der Waals surface area contributed by atoms with Crippen LogP contribution in [0.4, 0.5) is 15.8 Å². The zero-order chi connectivity index (χ0) is 30.8. The molecule has 3 aromatic carbocycles. The molecule has 1 aliphatic carbocycles. The highest BCUT2D eigenvalue weighted by Crippen LogP contribution is 2.33. The molecule has 1 amide bonds. The number of nitrogens with one attached hydrogen (secondary N) is 2. The van der Waals surface area contributed by atoms with Gasteiger partial charge in [0.15, 0.2) is 5.82 Å². The average Bonchev–Trinajstić information content (AvgIpc) is 3.63. The molecule has 45 heavy (non-hydrogen) atoms. The number of carbonyl (C=O) groups is 1. The van der Waals surface area contributed by atoms with Crippen molar-refractivity contribution in [2.24, 2.45) is 5.92 Å². The fraction of sp³-hybridized carbons (Fsp3) is 0.394. The second-order valence-corrected chi connectivity index (χ2v) is 11.9. The Morgan fingerprint density at radius 2 is 1.89 bits per heavy atom. The lowest BCUT2D eigenvalue weighted by molar-refractivity contribution is 0.0271. The summed E-state index contributed by atoms with van der Waals surface area (Å²) in [5.74, 6) is -0.635. The Bertz CT molecular complexity index is 1830. The van der Waals surface area contributed by atoms with Gasteiger partial charge in [0.25, 0.3) is 5.91 Å². The van der Waals surface area contributed by atoms with Gasteiger partial charge in [0.05, 0.1) is 54.1 Å². The van der Waals surface area contributed by atoms with E-state index in [0.717, 1.165) is 80.8 Å². The summed E-state index contributed by atoms with van der Waals surface area (Å²) in [5, 5.41) is 11.8. The van der Waals surface area contributed by atoms with Crippen molar-refractivity contribution >= 4 is 39.3 Å². The molecule has 0 bridgehead atoms. The van der Waals surface area contributed by atoms with Crippen molar-refractivity contribution < 1.29 is 18.8 Å². The van der Waals surface area contributed by atoms with Crippen LogP contribution < -0.4 is 10.8 Å². The highest BCUT2D eigenvalue weighted by molar-refractivity contribution is 6.04. The van der Waals surface area contributed by atoms with Gasteiger partial charge < -0.3 is 14.6 Å². The number of rotatable bonds is 12. The first-order chi connectivity index (χ1) is 22.0. The summed E-state index contributed by atoms with van der Waals surface area (Å²) in [7, 11) is 0. The molecule has 11 nitrogen and oxygen atoms in total. The first-order valence-electron chi connectivity index (χ1n) is 15.6. The van der Waals surface area contributed by atoms with Crippen molar-refractivity contribution in [3.63, 3.8) is 0 Å². The Morgan fingerprint density at radius 1 is 1.07 bits per heavy atom. The topological polar surface area (TPSA) is 111 Å². The van der Waals surface area contributed by atoms with Gasteiger partial charge >= 0.3 is 0 Å². The van der Waals surface area contributed by atoms with Gasteiger partial charge in [-0.3, -0.25) is 14.5 Å². The van der Waals surface area contributed by atoms with E-state index in [1.54, 1.807) is 17.1 Å². The lowest BCUT2D eigenvalue weighted by Crippen LogP contribution is -2.36. The molecular weight excluding hydrogens is 575 g/mol. The molecule has 2 N–H and O–H groups in total. The number of imidazole rings is 1. The molecule has 7 rings (SSSR count). The van der Waals surface area contributed by atoms with Crippen molar-refractivity contribution in [1.29, 1.82) is 0 Å². The first kappa shape index (κ1) is 29.3. The molecule has 1 saturated carbocycles. The van der Waals surface area contributed by atoms with E-state index in [9.17, 15) is 4.79 Å². The Morgan fingerprint density at radius 3 is 2.71 bits per heavy atom. The van der Waals surface area contributed by atoms with Crippen LogP contribution in [0.25, 0.3) is 27.8 Å². The van der Waals surface area contributed by atoms with E-state index in [4.69, 9.17) is 9.57 Å². The minimum absolute atomic E-state index is 0.0506. The summed E-state index contributed by atoms with van der Waals surface area (Å²) in [6.45, 7) is 7.49. The van der Waals surface area contributed by atoms with Crippen LogP contribution in [0, 0.1) is 18.7 Å². The molecule has 2 fully saturated rings. The van der Waals surface area contributed by atoms with Crippen LogP contribution >= 0.6 is 0 Å². The van der Waals surface area contributed by atoms with Crippen LogP contribution in [-0.4, -0.2) is 74.8 Å². The maximum atomic E-state index is 16.3. The Labute approximate surface area is 260 Å². The lowest BCUT2D eigenvalue weighted by atomic mass is 10.1. The fourth-order valence-corrected chi connectivity index (χ4v) is 5.76. The van der Waals surface area contributed by atoms with Gasteiger partial charge in [-0.25, -0.2) is 19.5 Å².